The van der Waals surface area contributed by atoms with Crippen LogP contribution < -0.4 is 0 Å². The SMILES string of the molecule is Cc1ccnc(C(=O)Cc2cccc(Cl)c2F)c1. The lowest BCUT2D eigenvalue weighted by molar-refractivity contribution is 0.0987. The molecule has 2 rings (SSSR count). The number of carbonyl (C=O) groups excluding carboxylic acids is 1. The Labute approximate surface area is 109 Å². The minimum Gasteiger partial charge on any atom is -0.292 e. The first kappa shape index (κ1) is 12.7. The maximum Gasteiger partial charge on any atom is 0.185 e. The Morgan fingerprint density at radius 1 is 1.39 bits per heavy atom. The summed E-state index contributed by atoms with van der Waals surface area (Å²) in [6, 6.07) is 8.12. The van der Waals surface area contributed by atoms with E-state index in [2.05, 4.69) is 4.98 Å². The number of hydrogen-bond acceptors (Lipinski definition) is 2. The van der Waals surface area contributed by atoms with Crippen LogP contribution >= 0.6 is 11.6 Å². The molecule has 18 heavy (non-hydrogen) atoms. The van der Waals surface area contributed by atoms with E-state index in [0.717, 1.165) is 5.56 Å². The number of nitrogens with zero attached hydrogens (tertiary/aromatic N) is 1. The lowest BCUT2D eigenvalue weighted by Gasteiger charge is -2.04. The summed E-state index contributed by atoms with van der Waals surface area (Å²) in [4.78, 5) is 15.9. The van der Waals surface area contributed by atoms with Gasteiger partial charge < -0.3 is 0 Å². The first-order chi connectivity index (χ1) is 8.58. The van der Waals surface area contributed by atoms with E-state index in [1.165, 1.54) is 6.07 Å². The summed E-state index contributed by atoms with van der Waals surface area (Å²) in [6.07, 6.45) is 1.53. The highest BCUT2D eigenvalue weighted by molar-refractivity contribution is 6.30. The summed E-state index contributed by atoms with van der Waals surface area (Å²) in [5.41, 5.74) is 1.57. The van der Waals surface area contributed by atoms with Crippen LogP contribution in [-0.4, -0.2) is 10.8 Å². The van der Waals surface area contributed by atoms with E-state index >= 15 is 0 Å². The molecule has 0 aliphatic carbocycles. The largest absolute Gasteiger partial charge is 0.292 e. The number of carbonyl (C=O) groups is 1. The summed E-state index contributed by atoms with van der Waals surface area (Å²) >= 11 is 5.67. The van der Waals surface area contributed by atoms with Crippen LogP contribution in [0.25, 0.3) is 0 Å². The second-order valence-corrected chi connectivity index (χ2v) is 4.44. The van der Waals surface area contributed by atoms with E-state index in [1.54, 1.807) is 30.5 Å². The Hall–Kier alpha value is -1.74. The molecule has 0 spiro atoms. The Balaban J connectivity index is 2.24. The topological polar surface area (TPSA) is 30.0 Å². The van der Waals surface area contributed by atoms with Gasteiger partial charge in [0.05, 0.1) is 5.02 Å². The number of hydrogen-bond donors (Lipinski definition) is 0. The van der Waals surface area contributed by atoms with Gasteiger partial charge in [-0.2, -0.15) is 0 Å². The highest BCUT2D eigenvalue weighted by Gasteiger charge is 2.13. The molecule has 0 unspecified atom stereocenters. The molecule has 92 valence electrons. The zero-order chi connectivity index (χ0) is 13.1. The zero-order valence-electron chi connectivity index (χ0n) is 9.78. The molecule has 0 aliphatic heterocycles. The molecule has 0 radical (unpaired) electrons. The second kappa shape index (κ2) is 5.27. The first-order valence-electron chi connectivity index (χ1n) is 5.46. The highest BCUT2D eigenvalue weighted by Crippen LogP contribution is 2.19. The van der Waals surface area contributed by atoms with Crippen molar-refractivity contribution in [1.29, 1.82) is 0 Å². The monoisotopic (exact) mass is 263 g/mol. The van der Waals surface area contributed by atoms with Crippen LogP contribution in [0.4, 0.5) is 4.39 Å². The van der Waals surface area contributed by atoms with E-state index < -0.39 is 5.82 Å². The number of ketones is 1. The molecule has 0 bridgehead atoms. The van der Waals surface area contributed by atoms with Crippen LogP contribution in [0.2, 0.25) is 5.02 Å². The maximum absolute atomic E-state index is 13.7. The Morgan fingerprint density at radius 2 is 2.17 bits per heavy atom. The van der Waals surface area contributed by atoms with E-state index in [-0.39, 0.29) is 22.8 Å². The van der Waals surface area contributed by atoms with Crippen molar-refractivity contribution >= 4 is 17.4 Å². The third-order valence-electron chi connectivity index (χ3n) is 2.58. The van der Waals surface area contributed by atoms with E-state index in [4.69, 9.17) is 11.6 Å². The smallest absolute Gasteiger partial charge is 0.185 e. The molecular weight excluding hydrogens is 253 g/mol. The van der Waals surface area contributed by atoms with Crippen LogP contribution in [0.3, 0.4) is 0 Å². The normalized spacial score (nSPS) is 10.4. The maximum atomic E-state index is 13.7. The highest BCUT2D eigenvalue weighted by atomic mass is 35.5. The third kappa shape index (κ3) is 2.74. The Kier molecular flexibility index (Phi) is 3.72. The molecule has 2 aromatic rings. The molecule has 4 heteroatoms. The number of halogens is 2. The van der Waals surface area contributed by atoms with Crippen LogP contribution in [0.15, 0.2) is 36.5 Å². The van der Waals surface area contributed by atoms with E-state index in [1.807, 2.05) is 6.92 Å². The van der Waals surface area contributed by atoms with Crippen LogP contribution in [0.5, 0.6) is 0 Å². The molecule has 0 saturated carbocycles. The predicted molar refractivity (Wildman–Crippen MR) is 68.4 cm³/mol. The van der Waals surface area contributed by atoms with Gasteiger partial charge in [0.2, 0.25) is 0 Å². The van der Waals surface area contributed by atoms with Crippen molar-refractivity contribution in [1.82, 2.24) is 4.98 Å². The standard InChI is InChI=1S/C14H11ClFNO/c1-9-5-6-17-12(7-9)13(18)8-10-3-2-4-11(15)14(10)16/h2-7H,8H2,1H3. The Morgan fingerprint density at radius 3 is 2.89 bits per heavy atom. The molecule has 1 aromatic carbocycles. The number of pyridine rings is 1. The number of rotatable bonds is 3. The summed E-state index contributed by atoms with van der Waals surface area (Å²) in [7, 11) is 0. The van der Waals surface area contributed by atoms with Crippen molar-refractivity contribution in [2.24, 2.45) is 0 Å². The van der Waals surface area contributed by atoms with Crippen LogP contribution in [0.1, 0.15) is 21.6 Å². The quantitative estimate of drug-likeness (QED) is 0.792. The lowest BCUT2D eigenvalue weighted by Crippen LogP contribution is -2.07. The van der Waals surface area contributed by atoms with E-state index in [0.29, 0.717) is 5.69 Å². The van der Waals surface area contributed by atoms with Gasteiger partial charge in [0.25, 0.3) is 0 Å². The predicted octanol–water partition coefficient (Wildman–Crippen LogP) is 3.61. The van der Waals surface area contributed by atoms with Crippen molar-refractivity contribution in [2.45, 2.75) is 13.3 Å². The van der Waals surface area contributed by atoms with Crippen LogP contribution in [-0.2, 0) is 6.42 Å². The van der Waals surface area contributed by atoms with Gasteiger partial charge in [-0.15, -0.1) is 0 Å². The third-order valence-corrected chi connectivity index (χ3v) is 2.88. The number of benzene rings is 1. The number of aromatic nitrogens is 1. The molecule has 0 N–H and O–H groups in total. The van der Waals surface area contributed by atoms with Gasteiger partial charge >= 0.3 is 0 Å². The second-order valence-electron chi connectivity index (χ2n) is 4.03. The van der Waals surface area contributed by atoms with E-state index in [9.17, 15) is 9.18 Å². The zero-order valence-corrected chi connectivity index (χ0v) is 10.5. The fourth-order valence-electron chi connectivity index (χ4n) is 1.64. The molecule has 0 amide bonds. The molecular formula is C14H11ClFNO. The van der Waals surface area contributed by atoms with Gasteiger partial charge in [-0.3, -0.25) is 9.78 Å². The van der Waals surface area contributed by atoms with Gasteiger partial charge in [-0.25, -0.2) is 4.39 Å². The molecule has 1 heterocycles. The number of Topliss-reactive ketones (excluding diaryl/α,β-unsaturated/α-hetero) is 1. The average Bonchev–Trinajstić information content (AvgIpc) is 2.35. The van der Waals surface area contributed by atoms with Gasteiger partial charge in [0.15, 0.2) is 5.78 Å². The molecule has 0 saturated heterocycles. The van der Waals surface area contributed by atoms with Crippen molar-refractivity contribution in [3.63, 3.8) is 0 Å². The minimum atomic E-state index is -0.542. The van der Waals surface area contributed by atoms with Gasteiger partial charge in [0, 0.05) is 12.6 Å². The molecule has 1 aromatic heterocycles. The Bertz CT molecular complexity index is 598. The first-order valence-corrected chi connectivity index (χ1v) is 5.84. The lowest BCUT2D eigenvalue weighted by atomic mass is 10.1. The summed E-state index contributed by atoms with van der Waals surface area (Å²) in [5, 5.41) is 0.0255. The van der Waals surface area contributed by atoms with Crippen molar-refractivity contribution in [2.75, 3.05) is 0 Å². The summed E-state index contributed by atoms with van der Waals surface area (Å²) < 4.78 is 13.7. The van der Waals surface area contributed by atoms with Crippen molar-refractivity contribution in [3.8, 4) is 0 Å². The van der Waals surface area contributed by atoms with Gasteiger partial charge in [0.1, 0.15) is 11.5 Å². The fourth-order valence-corrected chi connectivity index (χ4v) is 1.83. The molecule has 0 atom stereocenters. The number of aryl methyl sites for hydroxylation is 1. The molecule has 0 fully saturated rings. The van der Waals surface area contributed by atoms with Crippen molar-refractivity contribution < 1.29 is 9.18 Å². The van der Waals surface area contributed by atoms with Crippen molar-refractivity contribution in [3.05, 3.63) is 64.2 Å². The summed E-state index contributed by atoms with van der Waals surface area (Å²) in [5.74, 6) is -0.764. The van der Waals surface area contributed by atoms with Gasteiger partial charge in [-0.05, 0) is 36.2 Å². The molecule has 0 aliphatic rings. The average molecular weight is 264 g/mol. The van der Waals surface area contributed by atoms with Gasteiger partial charge in [-0.1, -0.05) is 23.7 Å². The van der Waals surface area contributed by atoms with Crippen LogP contribution in [0, 0.1) is 12.7 Å². The fraction of sp³-hybridized carbons (Fsp3) is 0.143. The summed E-state index contributed by atoms with van der Waals surface area (Å²) in [6.45, 7) is 1.87. The minimum absolute atomic E-state index is 0.0255. The molecule has 2 nitrogen and oxygen atoms in total.